The van der Waals surface area contributed by atoms with Crippen LogP contribution in [0.1, 0.15) is 17.4 Å². The maximum Gasteiger partial charge on any atom is 0.421 e. The molecule has 0 N–H and O–H groups in total. The molecule has 0 saturated heterocycles. The van der Waals surface area contributed by atoms with Crippen molar-refractivity contribution in [2.24, 2.45) is 0 Å². The van der Waals surface area contributed by atoms with Crippen LogP contribution < -0.4 is 9.80 Å². The van der Waals surface area contributed by atoms with Gasteiger partial charge in [0.2, 0.25) is 6.23 Å². The Balaban J connectivity index is 1.64. The predicted molar refractivity (Wildman–Crippen MR) is 128 cm³/mol. The molecule has 32 heavy (non-hydrogen) atoms. The van der Waals surface area contributed by atoms with E-state index in [2.05, 4.69) is 24.3 Å². The van der Waals surface area contributed by atoms with Gasteiger partial charge in [0.05, 0.1) is 17.1 Å². The van der Waals surface area contributed by atoms with E-state index in [0.29, 0.717) is 0 Å². The van der Waals surface area contributed by atoms with E-state index in [1.54, 1.807) is 4.90 Å². The number of anilines is 3. The zero-order valence-corrected chi connectivity index (χ0v) is 17.3. The van der Waals surface area contributed by atoms with Crippen molar-refractivity contribution in [3.05, 3.63) is 120 Å². The normalized spacial score (nSPS) is 16.5. The molecule has 0 aliphatic carbocycles. The van der Waals surface area contributed by atoms with Crippen LogP contribution >= 0.6 is 0 Å². The smallest absolute Gasteiger partial charge is 0.420 e. The van der Waals surface area contributed by atoms with Gasteiger partial charge in [-0.2, -0.15) is 0 Å². The summed E-state index contributed by atoms with van der Waals surface area (Å²) in [5.41, 5.74) is 6.54. The van der Waals surface area contributed by atoms with Crippen LogP contribution in [0.3, 0.4) is 0 Å². The van der Waals surface area contributed by atoms with Crippen molar-refractivity contribution in [2.45, 2.75) is 6.23 Å². The fourth-order valence-electron chi connectivity index (χ4n) is 4.49. The minimum Gasteiger partial charge on any atom is -0.420 e. The van der Waals surface area contributed by atoms with Gasteiger partial charge < -0.3 is 9.64 Å². The Labute approximate surface area is 186 Å². The van der Waals surface area contributed by atoms with Gasteiger partial charge in [-0.1, -0.05) is 78.9 Å². The van der Waals surface area contributed by atoms with Crippen LogP contribution in [-0.2, 0) is 4.74 Å². The number of rotatable bonds is 1. The van der Waals surface area contributed by atoms with Crippen molar-refractivity contribution in [1.82, 2.24) is 0 Å². The Hall–Kier alpha value is -4.31. The maximum atomic E-state index is 13.8. The monoisotopic (exact) mass is 416 g/mol. The molecule has 1 amide bonds. The average Bonchev–Trinajstić information content (AvgIpc) is 2.89. The standard InChI is InChI=1S/C28H20N2O2/c31-28-30(21-11-2-1-3-12-21)26-17-9-7-15-24(26)23-14-6-8-16-25(23)29-19-18-20-10-4-5-13-22(20)27(29)32-28/h1-19,27H/t27-/m0/s1. The molecule has 1 atom stereocenters. The van der Waals surface area contributed by atoms with Crippen molar-refractivity contribution >= 4 is 29.2 Å². The number of amides is 1. The minimum atomic E-state index is -0.578. The maximum absolute atomic E-state index is 13.8. The van der Waals surface area contributed by atoms with Gasteiger partial charge in [-0.25, -0.2) is 9.69 Å². The molecule has 2 aliphatic rings. The van der Waals surface area contributed by atoms with Crippen molar-refractivity contribution in [2.75, 3.05) is 9.80 Å². The molecule has 0 radical (unpaired) electrons. The summed E-state index contributed by atoms with van der Waals surface area (Å²) >= 11 is 0. The first-order valence-electron chi connectivity index (χ1n) is 10.6. The van der Waals surface area contributed by atoms with Crippen molar-refractivity contribution in [3.8, 4) is 11.1 Å². The Morgan fingerprint density at radius 2 is 1.28 bits per heavy atom. The molecule has 4 heteroatoms. The molecule has 0 bridgehead atoms. The van der Waals surface area contributed by atoms with Crippen LogP contribution in [0, 0.1) is 0 Å². The molecule has 2 heterocycles. The first-order valence-corrected chi connectivity index (χ1v) is 10.6. The third-order valence-electron chi connectivity index (χ3n) is 5.96. The Morgan fingerprint density at radius 1 is 0.656 bits per heavy atom. The molecular formula is C28H20N2O2. The van der Waals surface area contributed by atoms with Gasteiger partial charge in [-0.15, -0.1) is 0 Å². The van der Waals surface area contributed by atoms with E-state index in [1.165, 1.54) is 0 Å². The summed E-state index contributed by atoms with van der Waals surface area (Å²) in [7, 11) is 0. The highest BCUT2D eigenvalue weighted by molar-refractivity contribution is 6.03. The molecule has 6 rings (SSSR count). The number of hydrogen-bond donors (Lipinski definition) is 0. The van der Waals surface area contributed by atoms with E-state index in [-0.39, 0.29) is 0 Å². The quantitative estimate of drug-likeness (QED) is 0.331. The van der Waals surface area contributed by atoms with Crippen LogP contribution in [0.2, 0.25) is 0 Å². The minimum absolute atomic E-state index is 0.420. The molecule has 4 aromatic carbocycles. The Morgan fingerprint density at radius 3 is 2.09 bits per heavy atom. The van der Waals surface area contributed by atoms with Crippen molar-refractivity contribution in [3.63, 3.8) is 0 Å². The molecule has 4 aromatic rings. The molecule has 0 fully saturated rings. The number of hydrogen-bond acceptors (Lipinski definition) is 3. The van der Waals surface area contributed by atoms with Crippen LogP contribution in [0.4, 0.5) is 21.9 Å². The SMILES string of the molecule is O=C1O[C@H]2c3ccccc3C=CN2c2ccccc2-c2ccccc2N1c1ccccc1. The lowest BCUT2D eigenvalue weighted by atomic mass is 9.98. The van der Waals surface area contributed by atoms with E-state index in [9.17, 15) is 4.79 Å². The van der Waals surface area contributed by atoms with Crippen LogP contribution in [0.15, 0.2) is 109 Å². The van der Waals surface area contributed by atoms with E-state index in [4.69, 9.17) is 4.74 Å². The van der Waals surface area contributed by atoms with Gasteiger partial charge in [0.15, 0.2) is 0 Å². The largest absolute Gasteiger partial charge is 0.421 e. The van der Waals surface area contributed by atoms with Gasteiger partial charge in [-0.3, -0.25) is 0 Å². The van der Waals surface area contributed by atoms with Gasteiger partial charge in [-0.05, 0) is 35.9 Å². The first kappa shape index (κ1) is 18.5. The molecule has 4 nitrogen and oxygen atoms in total. The fourth-order valence-corrected chi connectivity index (χ4v) is 4.49. The highest BCUT2D eigenvalue weighted by Crippen LogP contribution is 2.45. The highest BCUT2D eigenvalue weighted by Gasteiger charge is 2.34. The topological polar surface area (TPSA) is 32.8 Å². The third kappa shape index (κ3) is 2.88. The summed E-state index contributed by atoms with van der Waals surface area (Å²) in [5, 5.41) is 0. The fraction of sp³-hybridized carbons (Fsp3) is 0.0357. The van der Waals surface area contributed by atoms with Crippen LogP contribution in [-0.4, -0.2) is 6.09 Å². The Kier molecular flexibility index (Phi) is 4.29. The van der Waals surface area contributed by atoms with Crippen molar-refractivity contribution < 1.29 is 9.53 Å². The zero-order valence-electron chi connectivity index (χ0n) is 17.3. The zero-order chi connectivity index (χ0) is 21.5. The van der Waals surface area contributed by atoms with Gasteiger partial charge >= 0.3 is 6.09 Å². The van der Waals surface area contributed by atoms with Crippen LogP contribution in [0.5, 0.6) is 0 Å². The highest BCUT2D eigenvalue weighted by atomic mass is 16.6. The van der Waals surface area contributed by atoms with E-state index < -0.39 is 12.3 Å². The van der Waals surface area contributed by atoms with Gasteiger partial charge in [0, 0.05) is 22.9 Å². The van der Waals surface area contributed by atoms with E-state index in [1.807, 2.05) is 96.0 Å². The Bertz CT molecular complexity index is 1350. The summed E-state index contributed by atoms with van der Waals surface area (Å²) < 4.78 is 6.24. The second kappa shape index (κ2) is 7.43. The molecule has 0 spiro atoms. The summed E-state index contributed by atoms with van der Waals surface area (Å²) in [5.74, 6) is 0. The molecule has 154 valence electrons. The second-order valence-corrected chi connectivity index (χ2v) is 7.79. The summed E-state index contributed by atoms with van der Waals surface area (Å²) in [6, 6.07) is 33.9. The van der Waals surface area contributed by atoms with Crippen molar-refractivity contribution in [1.29, 1.82) is 0 Å². The summed E-state index contributed by atoms with van der Waals surface area (Å²) in [4.78, 5) is 17.5. The number of ether oxygens (including phenoxy) is 1. The number of carbonyl (C=O) groups excluding carboxylic acids is 1. The number of fused-ring (bicyclic) bond motifs is 7. The van der Waals surface area contributed by atoms with E-state index in [0.717, 1.165) is 39.3 Å². The predicted octanol–water partition coefficient (Wildman–Crippen LogP) is 7.13. The number of carbonyl (C=O) groups is 1. The average molecular weight is 416 g/mol. The van der Waals surface area contributed by atoms with E-state index >= 15 is 0 Å². The third-order valence-corrected chi connectivity index (χ3v) is 5.96. The molecule has 0 saturated carbocycles. The lowest BCUT2D eigenvalue weighted by molar-refractivity contribution is 0.108. The van der Waals surface area contributed by atoms with Crippen LogP contribution in [0.25, 0.3) is 17.2 Å². The number of nitrogens with zero attached hydrogens (tertiary/aromatic N) is 2. The molecular weight excluding hydrogens is 396 g/mol. The number of para-hydroxylation sites is 3. The van der Waals surface area contributed by atoms with Gasteiger partial charge in [0.25, 0.3) is 0 Å². The number of benzene rings is 4. The molecule has 2 aliphatic heterocycles. The molecule has 0 unspecified atom stereocenters. The first-order chi connectivity index (χ1) is 15.8. The summed E-state index contributed by atoms with van der Waals surface area (Å²) in [6.45, 7) is 0. The lowest BCUT2D eigenvalue weighted by Gasteiger charge is -2.35. The lowest BCUT2D eigenvalue weighted by Crippen LogP contribution is -2.34. The second-order valence-electron chi connectivity index (χ2n) is 7.79. The summed E-state index contributed by atoms with van der Waals surface area (Å²) in [6.07, 6.45) is 3.07. The van der Waals surface area contributed by atoms with Gasteiger partial charge in [0.1, 0.15) is 0 Å². The molecule has 0 aromatic heterocycles.